The Labute approximate surface area is 163 Å². The summed E-state index contributed by atoms with van der Waals surface area (Å²) < 4.78 is 10.8. The van der Waals surface area contributed by atoms with E-state index in [0.29, 0.717) is 0 Å². The highest BCUT2D eigenvalue weighted by atomic mass is 32.1. The smallest absolute Gasteiger partial charge is 0.144 e. The maximum Gasteiger partial charge on any atom is 0.144 e. The number of thiophene rings is 1. The monoisotopic (exact) mass is 378 g/mol. The molecule has 0 saturated heterocycles. The van der Waals surface area contributed by atoms with Crippen LogP contribution in [0.15, 0.2) is 70.6 Å². The molecule has 138 valence electrons. The Morgan fingerprint density at radius 3 is 1.48 bits per heavy atom. The highest BCUT2D eigenvalue weighted by Crippen LogP contribution is 2.30. The molecule has 27 heavy (non-hydrogen) atoms. The van der Waals surface area contributed by atoms with Crippen LogP contribution in [-0.4, -0.2) is 25.6 Å². The van der Waals surface area contributed by atoms with Crippen molar-refractivity contribution < 1.29 is 9.47 Å². The van der Waals surface area contributed by atoms with E-state index >= 15 is 0 Å². The summed E-state index contributed by atoms with van der Waals surface area (Å²) in [6, 6.07) is 19.7. The van der Waals surface area contributed by atoms with Crippen LogP contribution >= 0.6 is 11.3 Å². The Balaban J connectivity index is 1.87. The molecule has 0 aliphatic rings. The highest BCUT2D eigenvalue weighted by Gasteiger charge is 2.09. The third-order valence-corrected chi connectivity index (χ3v) is 5.37. The standard InChI is InChI=1S/C22H22N2O2S/c1-15(23-17-9-5-7-11-19(17)25-3)21-13-14-22(27-21)16(2)24-18-10-6-8-12-20(18)26-4/h5-14H,1-4H3. The van der Waals surface area contributed by atoms with Crippen molar-refractivity contribution in [1.29, 1.82) is 0 Å². The molecule has 0 amide bonds. The summed E-state index contributed by atoms with van der Waals surface area (Å²) in [5, 5.41) is 0. The van der Waals surface area contributed by atoms with Gasteiger partial charge in [0.05, 0.1) is 25.6 Å². The average Bonchev–Trinajstić information content (AvgIpc) is 3.19. The van der Waals surface area contributed by atoms with E-state index in [-0.39, 0.29) is 0 Å². The van der Waals surface area contributed by atoms with Crippen molar-refractivity contribution in [2.24, 2.45) is 9.98 Å². The molecule has 3 rings (SSSR count). The molecule has 0 unspecified atom stereocenters. The zero-order valence-electron chi connectivity index (χ0n) is 15.9. The molecule has 0 bridgehead atoms. The minimum atomic E-state index is 0.766. The van der Waals surface area contributed by atoms with E-state index in [0.717, 1.165) is 44.1 Å². The van der Waals surface area contributed by atoms with Crippen molar-refractivity contribution in [1.82, 2.24) is 0 Å². The van der Waals surface area contributed by atoms with Crippen LogP contribution in [0.1, 0.15) is 23.6 Å². The van der Waals surface area contributed by atoms with Crippen LogP contribution in [0.4, 0.5) is 11.4 Å². The van der Waals surface area contributed by atoms with Gasteiger partial charge in [0.2, 0.25) is 0 Å². The van der Waals surface area contributed by atoms with Gasteiger partial charge in [-0.1, -0.05) is 24.3 Å². The SMILES string of the molecule is COc1ccccc1N=C(C)c1ccc(C(C)=Nc2ccccc2OC)s1. The molecule has 0 saturated carbocycles. The van der Waals surface area contributed by atoms with Crippen LogP contribution in [-0.2, 0) is 0 Å². The molecule has 3 aromatic rings. The Hall–Kier alpha value is -2.92. The first-order valence-corrected chi connectivity index (χ1v) is 9.41. The Morgan fingerprint density at radius 2 is 1.07 bits per heavy atom. The molecule has 0 atom stereocenters. The quantitative estimate of drug-likeness (QED) is 0.490. The van der Waals surface area contributed by atoms with E-state index in [9.17, 15) is 0 Å². The van der Waals surface area contributed by atoms with Crippen molar-refractivity contribution in [2.45, 2.75) is 13.8 Å². The number of nitrogens with zero attached hydrogens (tertiary/aromatic N) is 2. The molecule has 2 aromatic carbocycles. The molecule has 1 aromatic heterocycles. The molecular formula is C22H22N2O2S. The van der Waals surface area contributed by atoms with Gasteiger partial charge in [-0.05, 0) is 50.2 Å². The fraction of sp³-hybridized carbons (Fsp3) is 0.182. The van der Waals surface area contributed by atoms with Crippen molar-refractivity contribution in [2.75, 3.05) is 14.2 Å². The Kier molecular flexibility index (Phi) is 6.04. The fourth-order valence-corrected chi connectivity index (χ4v) is 3.54. The van der Waals surface area contributed by atoms with Crippen LogP contribution < -0.4 is 9.47 Å². The van der Waals surface area contributed by atoms with Gasteiger partial charge in [0.1, 0.15) is 22.9 Å². The fourth-order valence-electron chi connectivity index (χ4n) is 2.64. The number of hydrogen-bond donors (Lipinski definition) is 0. The second kappa shape index (κ2) is 8.64. The summed E-state index contributed by atoms with van der Waals surface area (Å²) in [4.78, 5) is 11.7. The van der Waals surface area contributed by atoms with Gasteiger partial charge < -0.3 is 9.47 Å². The lowest BCUT2D eigenvalue weighted by molar-refractivity contribution is 0.416. The minimum Gasteiger partial charge on any atom is -0.494 e. The van der Waals surface area contributed by atoms with E-state index in [2.05, 4.69) is 12.1 Å². The molecule has 0 aliphatic heterocycles. The normalized spacial score (nSPS) is 12.1. The van der Waals surface area contributed by atoms with Crippen molar-refractivity contribution in [3.63, 3.8) is 0 Å². The Morgan fingerprint density at radius 1 is 0.667 bits per heavy atom. The predicted molar refractivity (Wildman–Crippen MR) is 114 cm³/mol. The van der Waals surface area contributed by atoms with E-state index in [1.807, 2.05) is 62.4 Å². The van der Waals surface area contributed by atoms with Gasteiger partial charge in [0.25, 0.3) is 0 Å². The number of aliphatic imine (C=N–C) groups is 2. The summed E-state index contributed by atoms with van der Waals surface area (Å²) in [7, 11) is 3.31. The summed E-state index contributed by atoms with van der Waals surface area (Å²) in [5.41, 5.74) is 3.54. The maximum atomic E-state index is 5.38. The molecule has 0 radical (unpaired) electrons. The number of para-hydroxylation sites is 4. The summed E-state index contributed by atoms with van der Waals surface area (Å²) in [6.07, 6.45) is 0. The maximum absolute atomic E-state index is 5.38. The second-order valence-electron chi connectivity index (χ2n) is 5.90. The molecule has 0 spiro atoms. The van der Waals surface area contributed by atoms with Crippen molar-refractivity contribution in [3.8, 4) is 11.5 Å². The molecule has 1 heterocycles. The number of rotatable bonds is 6. The first-order valence-electron chi connectivity index (χ1n) is 8.59. The first-order chi connectivity index (χ1) is 13.1. The molecule has 4 nitrogen and oxygen atoms in total. The van der Waals surface area contributed by atoms with Gasteiger partial charge in [-0.3, -0.25) is 0 Å². The van der Waals surface area contributed by atoms with E-state index in [1.165, 1.54) is 0 Å². The topological polar surface area (TPSA) is 43.2 Å². The highest BCUT2D eigenvalue weighted by molar-refractivity contribution is 7.16. The van der Waals surface area contributed by atoms with Crippen molar-refractivity contribution in [3.05, 3.63) is 70.4 Å². The molecular weight excluding hydrogens is 356 g/mol. The lowest BCUT2D eigenvalue weighted by atomic mass is 10.2. The van der Waals surface area contributed by atoms with E-state index < -0.39 is 0 Å². The third kappa shape index (κ3) is 4.44. The number of benzene rings is 2. The summed E-state index contributed by atoms with van der Waals surface area (Å²) in [5.74, 6) is 1.53. The van der Waals surface area contributed by atoms with Crippen LogP contribution in [0.3, 0.4) is 0 Å². The van der Waals surface area contributed by atoms with Gasteiger partial charge in [0.15, 0.2) is 0 Å². The minimum absolute atomic E-state index is 0.766. The second-order valence-corrected chi connectivity index (χ2v) is 6.99. The molecule has 0 fully saturated rings. The van der Waals surface area contributed by atoms with Gasteiger partial charge in [-0.25, -0.2) is 9.98 Å². The number of ether oxygens (including phenoxy) is 2. The van der Waals surface area contributed by atoms with Crippen LogP contribution in [0.5, 0.6) is 11.5 Å². The molecule has 5 heteroatoms. The third-order valence-electron chi connectivity index (χ3n) is 4.07. The molecule has 0 N–H and O–H groups in total. The van der Waals surface area contributed by atoms with Crippen LogP contribution in [0.25, 0.3) is 0 Å². The zero-order valence-corrected chi connectivity index (χ0v) is 16.7. The molecule has 0 aliphatic carbocycles. The predicted octanol–water partition coefficient (Wildman–Crippen LogP) is 6.05. The van der Waals surface area contributed by atoms with Crippen molar-refractivity contribution >= 4 is 34.1 Å². The van der Waals surface area contributed by atoms with Crippen LogP contribution in [0.2, 0.25) is 0 Å². The lowest BCUT2D eigenvalue weighted by Crippen LogP contribution is -1.92. The average molecular weight is 378 g/mol. The Bertz CT molecular complexity index is 911. The van der Waals surface area contributed by atoms with Crippen LogP contribution in [0, 0.1) is 0 Å². The largest absolute Gasteiger partial charge is 0.494 e. The number of methoxy groups -OCH3 is 2. The van der Waals surface area contributed by atoms with E-state index in [4.69, 9.17) is 19.5 Å². The van der Waals surface area contributed by atoms with E-state index in [1.54, 1.807) is 25.6 Å². The van der Waals surface area contributed by atoms with Gasteiger partial charge >= 0.3 is 0 Å². The van der Waals surface area contributed by atoms with Gasteiger partial charge in [-0.15, -0.1) is 11.3 Å². The number of hydrogen-bond acceptors (Lipinski definition) is 5. The summed E-state index contributed by atoms with van der Waals surface area (Å²) in [6.45, 7) is 4.02. The zero-order chi connectivity index (χ0) is 19.2. The van der Waals surface area contributed by atoms with Gasteiger partial charge in [-0.2, -0.15) is 0 Å². The van der Waals surface area contributed by atoms with Gasteiger partial charge in [0, 0.05) is 9.75 Å². The lowest BCUT2D eigenvalue weighted by Gasteiger charge is -2.05. The summed E-state index contributed by atoms with van der Waals surface area (Å²) >= 11 is 1.67. The first kappa shape index (κ1) is 18.9.